The molecule has 4 nitrogen and oxygen atoms in total. The van der Waals surface area contributed by atoms with Crippen molar-refractivity contribution in [3.8, 4) is 0 Å². The van der Waals surface area contributed by atoms with E-state index in [1.165, 1.54) is 0 Å². The summed E-state index contributed by atoms with van der Waals surface area (Å²) in [7, 11) is 0. The van der Waals surface area contributed by atoms with Crippen molar-refractivity contribution in [2.24, 2.45) is 5.73 Å². The molecule has 1 amide bonds. The standard InChI is InChI=1S/C13H17BrN2O2/c1-9-2-3-12(11(14)8-9)16-10(4-6-15)5-7-18-13(16)17/h2-3,8,10H,4-7,15H2,1H3. The van der Waals surface area contributed by atoms with E-state index in [2.05, 4.69) is 15.9 Å². The maximum Gasteiger partial charge on any atom is 0.414 e. The normalized spacial score (nSPS) is 19.8. The number of anilines is 1. The lowest BCUT2D eigenvalue weighted by atomic mass is 10.1. The highest BCUT2D eigenvalue weighted by Gasteiger charge is 2.31. The highest BCUT2D eigenvalue weighted by atomic mass is 79.9. The number of nitrogens with two attached hydrogens (primary N) is 1. The number of benzene rings is 1. The van der Waals surface area contributed by atoms with Gasteiger partial charge in [0, 0.05) is 16.9 Å². The molecule has 1 heterocycles. The molecule has 1 aromatic rings. The summed E-state index contributed by atoms with van der Waals surface area (Å²) < 4.78 is 6.04. The van der Waals surface area contributed by atoms with E-state index < -0.39 is 0 Å². The van der Waals surface area contributed by atoms with Crippen LogP contribution in [0.1, 0.15) is 18.4 Å². The van der Waals surface area contributed by atoms with E-state index in [9.17, 15) is 4.79 Å². The quantitative estimate of drug-likeness (QED) is 0.933. The molecule has 0 saturated carbocycles. The van der Waals surface area contributed by atoms with E-state index in [4.69, 9.17) is 10.5 Å². The Labute approximate surface area is 115 Å². The second-order valence-corrected chi connectivity index (χ2v) is 5.31. The van der Waals surface area contributed by atoms with Gasteiger partial charge in [0.1, 0.15) is 0 Å². The number of carbonyl (C=O) groups excluding carboxylic acids is 1. The molecule has 0 bridgehead atoms. The number of halogens is 1. The van der Waals surface area contributed by atoms with Gasteiger partial charge in [0.25, 0.3) is 0 Å². The van der Waals surface area contributed by atoms with Crippen LogP contribution >= 0.6 is 15.9 Å². The van der Waals surface area contributed by atoms with Crippen LogP contribution in [0.2, 0.25) is 0 Å². The lowest BCUT2D eigenvalue weighted by molar-refractivity contribution is 0.128. The molecule has 1 unspecified atom stereocenters. The van der Waals surface area contributed by atoms with E-state index in [-0.39, 0.29) is 12.1 Å². The van der Waals surface area contributed by atoms with Crippen molar-refractivity contribution >= 4 is 27.7 Å². The van der Waals surface area contributed by atoms with Gasteiger partial charge >= 0.3 is 6.09 Å². The minimum Gasteiger partial charge on any atom is -0.449 e. The van der Waals surface area contributed by atoms with Crippen molar-refractivity contribution < 1.29 is 9.53 Å². The molecule has 0 aromatic heterocycles. The molecule has 0 radical (unpaired) electrons. The van der Waals surface area contributed by atoms with Gasteiger partial charge in [0.2, 0.25) is 0 Å². The van der Waals surface area contributed by atoms with Crippen LogP contribution in [0, 0.1) is 6.92 Å². The van der Waals surface area contributed by atoms with Gasteiger partial charge in [0.15, 0.2) is 0 Å². The van der Waals surface area contributed by atoms with Crippen LogP contribution in [0.15, 0.2) is 22.7 Å². The largest absolute Gasteiger partial charge is 0.449 e. The second-order valence-electron chi connectivity index (χ2n) is 4.46. The highest BCUT2D eigenvalue weighted by molar-refractivity contribution is 9.10. The number of cyclic esters (lactones) is 1. The van der Waals surface area contributed by atoms with Crippen molar-refractivity contribution in [1.82, 2.24) is 0 Å². The first-order chi connectivity index (χ1) is 8.63. The molecule has 18 heavy (non-hydrogen) atoms. The zero-order valence-electron chi connectivity index (χ0n) is 10.4. The number of aryl methyl sites for hydroxylation is 1. The van der Waals surface area contributed by atoms with E-state index in [1.807, 2.05) is 25.1 Å². The molecule has 0 spiro atoms. The average molecular weight is 313 g/mol. The third kappa shape index (κ3) is 2.67. The summed E-state index contributed by atoms with van der Waals surface area (Å²) in [5.74, 6) is 0. The Balaban J connectivity index is 2.34. The molecule has 1 aliphatic rings. The maximum atomic E-state index is 12.0. The van der Waals surface area contributed by atoms with Crippen LogP contribution in [0.25, 0.3) is 0 Å². The van der Waals surface area contributed by atoms with Gasteiger partial charge in [-0.15, -0.1) is 0 Å². The monoisotopic (exact) mass is 312 g/mol. The van der Waals surface area contributed by atoms with Crippen LogP contribution in [-0.2, 0) is 4.74 Å². The Morgan fingerprint density at radius 1 is 1.56 bits per heavy atom. The summed E-state index contributed by atoms with van der Waals surface area (Å²) >= 11 is 3.51. The fraction of sp³-hybridized carbons (Fsp3) is 0.462. The predicted molar refractivity (Wildman–Crippen MR) is 74.8 cm³/mol. The third-order valence-electron chi connectivity index (χ3n) is 3.10. The second kappa shape index (κ2) is 5.71. The number of hydrogen-bond donors (Lipinski definition) is 1. The number of nitrogens with zero attached hydrogens (tertiary/aromatic N) is 1. The zero-order chi connectivity index (χ0) is 13.1. The molecular formula is C13H17BrN2O2. The lowest BCUT2D eigenvalue weighted by Gasteiger charge is -2.35. The molecule has 98 valence electrons. The first-order valence-corrected chi connectivity index (χ1v) is 6.85. The van der Waals surface area contributed by atoms with Crippen LogP contribution in [0.3, 0.4) is 0 Å². The molecule has 0 aliphatic carbocycles. The Bertz CT molecular complexity index is 449. The van der Waals surface area contributed by atoms with Crippen molar-refractivity contribution in [1.29, 1.82) is 0 Å². The van der Waals surface area contributed by atoms with Crippen molar-refractivity contribution in [3.63, 3.8) is 0 Å². The van der Waals surface area contributed by atoms with Crippen LogP contribution in [0.4, 0.5) is 10.5 Å². The van der Waals surface area contributed by atoms with Gasteiger partial charge < -0.3 is 10.5 Å². The molecule has 1 aromatic carbocycles. The molecule has 1 fully saturated rings. The summed E-state index contributed by atoms with van der Waals surface area (Å²) in [6.45, 7) is 3.06. The Hall–Kier alpha value is -1.07. The summed E-state index contributed by atoms with van der Waals surface area (Å²) in [6, 6.07) is 6.04. The minimum atomic E-state index is -0.288. The topological polar surface area (TPSA) is 55.6 Å². The van der Waals surface area contributed by atoms with Gasteiger partial charge in [-0.2, -0.15) is 0 Å². The molecule has 1 atom stereocenters. The highest BCUT2D eigenvalue weighted by Crippen LogP contribution is 2.32. The molecule has 2 N–H and O–H groups in total. The smallest absolute Gasteiger partial charge is 0.414 e. The molecule has 5 heteroatoms. The lowest BCUT2D eigenvalue weighted by Crippen LogP contribution is -2.46. The molecular weight excluding hydrogens is 296 g/mol. The first-order valence-electron chi connectivity index (χ1n) is 6.05. The predicted octanol–water partition coefficient (Wildman–Crippen LogP) is 2.82. The SMILES string of the molecule is Cc1ccc(N2C(=O)OCCC2CCN)c(Br)c1. The summed E-state index contributed by atoms with van der Waals surface area (Å²) in [4.78, 5) is 13.7. The number of carbonyl (C=O) groups is 1. The number of ether oxygens (including phenoxy) is 1. The Kier molecular flexibility index (Phi) is 4.24. The number of hydrogen-bond acceptors (Lipinski definition) is 3. The van der Waals surface area contributed by atoms with Gasteiger partial charge in [0.05, 0.1) is 12.3 Å². The van der Waals surface area contributed by atoms with E-state index >= 15 is 0 Å². The molecule has 2 rings (SSSR count). The van der Waals surface area contributed by atoms with E-state index in [1.54, 1.807) is 4.90 Å². The van der Waals surface area contributed by atoms with Gasteiger partial charge in [-0.1, -0.05) is 6.07 Å². The van der Waals surface area contributed by atoms with Gasteiger partial charge in [-0.25, -0.2) is 4.79 Å². The van der Waals surface area contributed by atoms with Crippen LogP contribution in [-0.4, -0.2) is 25.3 Å². The summed E-state index contributed by atoms with van der Waals surface area (Å²) in [5, 5.41) is 0. The Morgan fingerprint density at radius 3 is 3.00 bits per heavy atom. The van der Waals surface area contributed by atoms with E-state index in [0.29, 0.717) is 13.2 Å². The maximum absolute atomic E-state index is 12.0. The summed E-state index contributed by atoms with van der Waals surface area (Å²) in [6.07, 6.45) is 1.32. The van der Waals surface area contributed by atoms with Crippen molar-refractivity contribution in [2.45, 2.75) is 25.8 Å². The van der Waals surface area contributed by atoms with Crippen LogP contribution in [0.5, 0.6) is 0 Å². The Morgan fingerprint density at radius 2 is 2.33 bits per heavy atom. The molecule has 1 aliphatic heterocycles. The van der Waals surface area contributed by atoms with Gasteiger partial charge in [-0.3, -0.25) is 4.90 Å². The van der Waals surface area contributed by atoms with Crippen molar-refractivity contribution in [3.05, 3.63) is 28.2 Å². The number of rotatable bonds is 3. The molecule has 1 saturated heterocycles. The van der Waals surface area contributed by atoms with E-state index in [0.717, 1.165) is 28.6 Å². The van der Waals surface area contributed by atoms with Crippen LogP contribution < -0.4 is 10.6 Å². The van der Waals surface area contributed by atoms with Gasteiger partial charge in [-0.05, 0) is 53.5 Å². The average Bonchev–Trinajstić information content (AvgIpc) is 2.31. The fourth-order valence-electron chi connectivity index (χ4n) is 2.20. The summed E-state index contributed by atoms with van der Waals surface area (Å²) in [5.41, 5.74) is 7.61. The van der Waals surface area contributed by atoms with Crippen molar-refractivity contribution in [2.75, 3.05) is 18.1 Å². The number of amides is 1. The fourth-order valence-corrected chi connectivity index (χ4v) is 2.88. The first kappa shape index (κ1) is 13.4. The minimum absolute atomic E-state index is 0.121. The zero-order valence-corrected chi connectivity index (χ0v) is 11.9. The third-order valence-corrected chi connectivity index (χ3v) is 3.74.